The Labute approximate surface area is 118 Å². The summed E-state index contributed by atoms with van der Waals surface area (Å²) in [5, 5.41) is 8.92. The molecule has 2 heterocycles. The number of hydrogen-bond donors (Lipinski definition) is 1. The second-order valence-corrected chi connectivity index (χ2v) is 4.97. The third-order valence-electron chi connectivity index (χ3n) is 3.62. The van der Waals surface area contributed by atoms with Crippen LogP contribution in [0, 0.1) is 0 Å². The van der Waals surface area contributed by atoms with Crippen LogP contribution < -0.4 is 5.32 Å². The van der Waals surface area contributed by atoms with Gasteiger partial charge in [-0.3, -0.25) is 9.67 Å². The highest BCUT2D eigenvalue weighted by molar-refractivity contribution is 5.81. The molecule has 0 aliphatic heterocycles. The molecule has 102 valence electrons. The molecule has 0 bridgehead atoms. The van der Waals surface area contributed by atoms with Crippen LogP contribution in [0.3, 0.4) is 0 Å². The van der Waals surface area contributed by atoms with E-state index in [9.17, 15) is 0 Å². The lowest BCUT2D eigenvalue weighted by Crippen LogP contribution is -2.20. The number of aromatic nitrogens is 3. The van der Waals surface area contributed by atoms with Gasteiger partial charge in [0.05, 0.1) is 11.2 Å². The van der Waals surface area contributed by atoms with Crippen molar-refractivity contribution in [2.24, 2.45) is 7.05 Å². The first-order valence-corrected chi connectivity index (χ1v) is 6.79. The molecule has 3 rings (SSSR count). The van der Waals surface area contributed by atoms with Crippen LogP contribution in [0.4, 0.5) is 0 Å². The Kier molecular flexibility index (Phi) is 3.48. The van der Waals surface area contributed by atoms with Crippen LogP contribution in [-0.2, 0) is 13.6 Å². The Morgan fingerprint density at radius 1 is 1.15 bits per heavy atom. The normalized spacial score (nSPS) is 12.7. The monoisotopic (exact) mass is 266 g/mol. The van der Waals surface area contributed by atoms with Gasteiger partial charge in [-0.15, -0.1) is 0 Å². The number of pyridine rings is 1. The standard InChI is InChI=1S/C16H18N4/c1-12(15-8-10-19-20(15)2)18-11-14-6-3-5-13-7-4-9-17-16(13)14/h3-10,12,18H,11H2,1-2H3. The zero-order chi connectivity index (χ0) is 13.9. The molecule has 0 aliphatic rings. The van der Waals surface area contributed by atoms with E-state index in [2.05, 4.69) is 46.6 Å². The van der Waals surface area contributed by atoms with E-state index in [1.165, 1.54) is 16.6 Å². The molecule has 1 unspecified atom stereocenters. The fraction of sp³-hybridized carbons (Fsp3) is 0.250. The van der Waals surface area contributed by atoms with Gasteiger partial charge in [0, 0.05) is 37.4 Å². The summed E-state index contributed by atoms with van der Waals surface area (Å²) < 4.78 is 1.90. The van der Waals surface area contributed by atoms with Gasteiger partial charge < -0.3 is 5.32 Å². The highest BCUT2D eigenvalue weighted by atomic mass is 15.3. The second-order valence-electron chi connectivity index (χ2n) is 4.97. The third kappa shape index (κ3) is 2.42. The molecular formula is C16H18N4. The SMILES string of the molecule is CC(NCc1cccc2cccnc12)c1ccnn1C. The maximum absolute atomic E-state index is 4.48. The van der Waals surface area contributed by atoms with Crippen molar-refractivity contribution in [3.63, 3.8) is 0 Å². The van der Waals surface area contributed by atoms with Crippen molar-refractivity contribution in [1.29, 1.82) is 0 Å². The van der Waals surface area contributed by atoms with E-state index < -0.39 is 0 Å². The van der Waals surface area contributed by atoms with Crippen molar-refractivity contribution in [2.75, 3.05) is 0 Å². The van der Waals surface area contributed by atoms with Gasteiger partial charge in [0.15, 0.2) is 0 Å². The highest BCUT2D eigenvalue weighted by Gasteiger charge is 2.09. The van der Waals surface area contributed by atoms with Gasteiger partial charge in [-0.2, -0.15) is 5.10 Å². The minimum Gasteiger partial charge on any atom is -0.305 e. The number of benzene rings is 1. The Morgan fingerprint density at radius 3 is 2.80 bits per heavy atom. The van der Waals surface area contributed by atoms with Crippen molar-refractivity contribution in [3.8, 4) is 0 Å². The molecule has 0 saturated carbocycles. The van der Waals surface area contributed by atoms with Gasteiger partial charge in [0.25, 0.3) is 0 Å². The minimum atomic E-state index is 0.251. The number of nitrogens with zero attached hydrogens (tertiary/aromatic N) is 3. The molecular weight excluding hydrogens is 248 g/mol. The summed E-state index contributed by atoms with van der Waals surface area (Å²) in [6.45, 7) is 2.94. The Balaban J connectivity index is 1.79. The number of hydrogen-bond acceptors (Lipinski definition) is 3. The molecule has 1 aromatic carbocycles. The molecule has 0 amide bonds. The molecule has 0 spiro atoms. The number of rotatable bonds is 4. The van der Waals surface area contributed by atoms with Crippen molar-refractivity contribution >= 4 is 10.9 Å². The predicted octanol–water partition coefficient (Wildman–Crippen LogP) is 2.82. The number of aryl methyl sites for hydroxylation is 1. The topological polar surface area (TPSA) is 42.7 Å². The number of nitrogens with one attached hydrogen (secondary N) is 1. The van der Waals surface area contributed by atoms with Crippen LogP contribution in [0.15, 0.2) is 48.8 Å². The summed E-state index contributed by atoms with van der Waals surface area (Å²) in [5.74, 6) is 0. The molecule has 0 radical (unpaired) electrons. The van der Waals surface area contributed by atoms with Gasteiger partial charge in [-0.25, -0.2) is 0 Å². The Bertz CT molecular complexity index is 712. The maximum Gasteiger partial charge on any atom is 0.0746 e. The van der Waals surface area contributed by atoms with E-state index in [1.807, 2.05) is 36.3 Å². The molecule has 3 aromatic rings. The van der Waals surface area contributed by atoms with E-state index in [0.29, 0.717) is 0 Å². The minimum absolute atomic E-state index is 0.251. The molecule has 2 aromatic heterocycles. The van der Waals surface area contributed by atoms with Gasteiger partial charge in [0.2, 0.25) is 0 Å². The fourth-order valence-electron chi connectivity index (χ4n) is 2.49. The average molecular weight is 266 g/mol. The van der Waals surface area contributed by atoms with Crippen LogP contribution in [0.5, 0.6) is 0 Å². The zero-order valence-electron chi connectivity index (χ0n) is 11.7. The summed E-state index contributed by atoms with van der Waals surface area (Å²) in [5.41, 5.74) is 3.47. The van der Waals surface area contributed by atoms with E-state index in [4.69, 9.17) is 0 Å². The molecule has 0 saturated heterocycles. The predicted molar refractivity (Wildman–Crippen MR) is 80.2 cm³/mol. The Morgan fingerprint density at radius 2 is 2.00 bits per heavy atom. The summed E-state index contributed by atoms with van der Waals surface area (Å²) in [6, 6.07) is 12.7. The van der Waals surface area contributed by atoms with Crippen molar-refractivity contribution < 1.29 is 0 Å². The lowest BCUT2D eigenvalue weighted by atomic mass is 10.1. The van der Waals surface area contributed by atoms with Crippen molar-refractivity contribution in [3.05, 3.63) is 60.0 Å². The lowest BCUT2D eigenvalue weighted by Gasteiger charge is -2.15. The van der Waals surface area contributed by atoms with E-state index in [0.717, 1.165) is 12.1 Å². The first kappa shape index (κ1) is 12.8. The largest absolute Gasteiger partial charge is 0.305 e. The van der Waals surface area contributed by atoms with Gasteiger partial charge in [-0.1, -0.05) is 24.3 Å². The summed E-state index contributed by atoms with van der Waals surface area (Å²) in [7, 11) is 1.97. The van der Waals surface area contributed by atoms with Gasteiger partial charge in [-0.05, 0) is 24.6 Å². The summed E-state index contributed by atoms with van der Waals surface area (Å²) >= 11 is 0. The van der Waals surface area contributed by atoms with Crippen LogP contribution in [-0.4, -0.2) is 14.8 Å². The quantitative estimate of drug-likeness (QED) is 0.789. The average Bonchev–Trinajstić information content (AvgIpc) is 2.91. The summed E-state index contributed by atoms with van der Waals surface area (Å²) in [4.78, 5) is 4.48. The number of fused-ring (bicyclic) bond motifs is 1. The first-order valence-electron chi connectivity index (χ1n) is 6.79. The third-order valence-corrected chi connectivity index (χ3v) is 3.62. The molecule has 4 nitrogen and oxygen atoms in total. The molecule has 4 heteroatoms. The van der Waals surface area contributed by atoms with Crippen LogP contribution in [0.1, 0.15) is 24.2 Å². The smallest absolute Gasteiger partial charge is 0.0746 e. The zero-order valence-corrected chi connectivity index (χ0v) is 11.7. The van der Waals surface area contributed by atoms with E-state index in [-0.39, 0.29) is 6.04 Å². The lowest BCUT2D eigenvalue weighted by molar-refractivity contribution is 0.531. The van der Waals surface area contributed by atoms with Crippen LogP contribution in [0.2, 0.25) is 0 Å². The Hall–Kier alpha value is -2.20. The number of para-hydroxylation sites is 1. The summed E-state index contributed by atoms with van der Waals surface area (Å²) in [6.07, 6.45) is 3.67. The van der Waals surface area contributed by atoms with Crippen LogP contribution >= 0.6 is 0 Å². The van der Waals surface area contributed by atoms with Crippen molar-refractivity contribution in [1.82, 2.24) is 20.1 Å². The van der Waals surface area contributed by atoms with Crippen molar-refractivity contribution in [2.45, 2.75) is 19.5 Å². The molecule has 1 N–H and O–H groups in total. The molecule has 20 heavy (non-hydrogen) atoms. The van der Waals surface area contributed by atoms with E-state index >= 15 is 0 Å². The van der Waals surface area contributed by atoms with E-state index in [1.54, 1.807) is 0 Å². The molecule has 1 atom stereocenters. The molecule has 0 fully saturated rings. The first-order chi connectivity index (χ1) is 9.75. The van der Waals surface area contributed by atoms with Gasteiger partial charge in [0.1, 0.15) is 0 Å². The van der Waals surface area contributed by atoms with Crippen LogP contribution in [0.25, 0.3) is 10.9 Å². The molecule has 0 aliphatic carbocycles. The highest BCUT2D eigenvalue weighted by Crippen LogP contribution is 2.17. The second kappa shape index (κ2) is 5.43. The maximum atomic E-state index is 4.48. The van der Waals surface area contributed by atoms with Gasteiger partial charge >= 0.3 is 0 Å². The fourth-order valence-corrected chi connectivity index (χ4v) is 2.49.